The summed E-state index contributed by atoms with van der Waals surface area (Å²) >= 11 is 0. The van der Waals surface area contributed by atoms with Crippen LogP contribution >= 0.6 is 0 Å². The number of aromatic hydroxyl groups is 1. The van der Waals surface area contributed by atoms with E-state index < -0.39 is 0 Å². The van der Waals surface area contributed by atoms with Crippen LogP contribution in [0.3, 0.4) is 0 Å². The number of hydrogen-bond acceptors (Lipinski definition) is 1. The average molecular weight is 144 g/mol. The van der Waals surface area contributed by atoms with Crippen molar-refractivity contribution >= 4 is 0 Å². The zero-order valence-corrected chi connectivity index (χ0v) is 7.60. The fourth-order valence-corrected chi connectivity index (χ4v) is 1.17. The van der Waals surface area contributed by atoms with E-state index in [1.54, 1.807) is 0 Å². The van der Waals surface area contributed by atoms with Crippen molar-refractivity contribution in [2.45, 2.75) is 20.8 Å². The standard InChI is InChI=1S/C9H12O.Li.H/c1-6-4-7(2)9(10)8(3)5-6;;/h4-5,10H,1-3H3;;/q;+1;-1. The molecule has 1 aromatic rings. The minimum atomic E-state index is 0. The maximum absolute atomic E-state index is 9.33. The third-order valence-corrected chi connectivity index (χ3v) is 1.64. The van der Waals surface area contributed by atoms with Crippen molar-refractivity contribution in [1.82, 2.24) is 0 Å². The number of benzene rings is 1. The van der Waals surface area contributed by atoms with Crippen molar-refractivity contribution in [1.29, 1.82) is 0 Å². The Hall–Kier alpha value is -0.383. The van der Waals surface area contributed by atoms with E-state index in [0.29, 0.717) is 5.75 Å². The Bertz CT molecular complexity index is 238. The molecule has 1 aromatic carbocycles. The van der Waals surface area contributed by atoms with Gasteiger partial charge in [-0.2, -0.15) is 0 Å². The Balaban J connectivity index is 0. The largest absolute Gasteiger partial charge is 1.00 e. The molecule has 0 aliphatic heterocycles. The zero-order chi connectivity index (χ0) is 7.72. The molecular weight excluding hydrogens is 131 g/mol. The Morgan fingerprint density at radius 1 is 1.09 bits per heavy atom. The zero-order valence-electron chi connectivity index (χ0n) is 8.60. The molecule has 0 fully saturated rings. The van der Waals surface area contributed by atoms with Crippen LogP contribution in [0.2, 0.25) is 0 Å². The van der Waals surface area contributed by atoms with Gasteiger partial charge in [0.1, 0.15) is 5.75 Å². The van der Waals surface area contributed by atoms with Crippen LogP contribution in [0, 0.1) is 20.8 Å². The summed E-state index contributed by atoms with van der Waals surface area (Å²) in [6.07, 6.45) is 0. The van der Waals surface area contributed by atoms with Gasteiger partial charge in [-0.25, -0.2) is 0 Å². The summed E-state index contributed by atoms with van der Waals surface area (Å²) in [6.45, 7) is 5.85. The van der Waals surface area contributed by atoms with Gasteiger partial charge >= 0.3 is 18.9 Å². The van der Waals surface area contributed by atoms with Crippen LogP contribution in [-0.4, -0.2) is 5.11 Å². The van der Waals surface area contributed by atoms with Gasteiger partial charge in [0, 0.05) is 0 Å². The van der Waals surface area contributed by atoms with Gasteiger partial charge in [0.25, 0.3) is 0 Å². The molecule has 0 saturated heterocycles. The molecule has 56 valence electrons. The van der Waals surface area contributed by atoms with Gasteiger partial charge in [-0.05, 0) is 31.9 Å². The summed E-state index contributed by atoms with van der Waals surface area (Å²) in [5.74, 6) is 0.422. The molecular formula is C9H13LiO. The van der Waals surface area contributed by atoms with E-state index in [0.717, 1.165) is 11.1 Å². The first kappa shape index (κ1) is 10.6. The van der Waals surface area contributed by atoms with Crippen LogP contribution in [0.1, 0.15) is 18.1 Å². The van der Waals surface area contributed by atoms with Crippen LogP contribution in [-0.2, 0) is 0 Å². The van der Waals surface area contributed by atoms with E-state index in [2.05, 4.69) is 0 Å². The summed E-state index contributed by atoms with van der Waals surface area (Å²) in [4.78, 5) is 0. The molecule has 1 rings (SSSR count). The summed E-state index contributed by atoms with van der Waals surface area (Å²) in [7, 11) is 0. The minimum Gasteiger partial charge on any atom is -1.00 e. The molecule has 0 heterocycles. The summed E-state index contributed by atoms with van der Waals surface area (Å²) < 4.78 is 0. The number of hydrogen-bond donors (Lipinski definition) is 1. The van der Waals surface area contributed by atoms with Crippen molar-refractivity contribution in [3.05, 3.63) is 28.8 Å². The monoisotopic (exact) mass is 144 g/mol. The molecule has 11 heavy (non-hydrogen) atoms. The Labute approximate surface area is 81.1 Å². The quantitative estimate of drug-likeness (QED) is 0.484. The average Bonchev–Trinajstić information content (AvgIpc) is 1.82. The molecule has 0 amide bonds. The van der Waals surface area contributed by atoms with Crippen LogP contribution < -0.4 is 18.9 Å². The first-order chi connectivity index (χ1) is 4.61. The van der Waals surface area contributed by atoms with E-state index in [1.165, 1.54) is 5.56 Å². The van der Waals surface area contributed by atoms with Crippen LogP contribution in [0.5, 0.6) is 5.75 Å². The Morgan fingerprint density at radius 2 is 1.45 bits per heavy atom. The fraction of sp³-hybridized carbons (Fsp3) is 0.333. The topological polar surface area (TPSA) is 20.2 Å². The third kappa shape index (κ3) is 2.29. The van der Waals surface area contributed by atoms with Gasteiger partial charge in [0.2, 0.25) is 0 Å². The SMILES string of the molecule is Cc1cc(C)c(O)c(C)c1.[H-].[Li+]. The number of phenolic OH excluding ortho intramolecular Hbond substituents is 1. The van der Waals surface area contributed by atoms with E-state index in [-0.39, 0.29) is 20.3 Å². The van der Waals surface area contributed by atoms with Crippen LogP contribution in [0.15, 0.2) is 12.1 Å². The smallest absolute Gasteiger partial charge is 1.00 e. The molecule has 1 nitrogen and oxygen atoms in total. The first-order valence-corrected chi connectivity index (χ1v) is 3.38. The Morgan fingerprint density at radius 3 is 1.82 bits per heavy atom. The summed E-state index contributed by atoms with van der Waals surface area (Å²) in [5, 5.41) is 9.33. The van der Waals surface area contributed by atoms with Crippen LogP contribution in [0.25, 0.3) is 0 Å². The maximum Gasteiger partial charge on any atom is 1.00 e. The van der Waals surface area contributed by atoms with Gasteiger partial charge in [-0.15, -0.1) is 0 Å². The van der Waals surface area contributed by atoms with Gasteiger partial charge in [0.05, 0.1) is 0 Å². The normalized spacial score (nSPS) is 9.00. The van der Waals surface area contributed by atoms with Crippen molar-refractivity contribution in [3.63, 3.8) is 0 Å². The summed E-state index contributed by atoms with van der Waals surface area (Å²) in [5.41, 5.74) is 3.11. The third-order valence-electron chi connectivity index (χ3n) is 1.64. The number of rotatable bonds is 0. The molecule has 0 spiro atoms. The van der Waals surface area contributed by atoms with Crippen molar-refractivity contribution in [2.75, 3.05) is 0 Å². The fourth-order valence-electron chi connectivity index (χ4n) is 1.17. The summed E-state index contributed by atoms with van der Waals surface area (Å²) in [6, 6.07) is 3.95. The Kier molecular flexibility index (Phi) is 3.72. The van der Waals surface area contributed by atoms with Gasteiger partial charge in [-0.3, -0.25) is 0 Å². The van der Waals surface area contributed by atoms with Gasteiger partial charge in [0.15, 0.2) is 0 Å². The predicted molar refractivity (Wildman–Crippen MR) is 43.4 cm³/mol. The number of aryl methyl sites for hydroxylation is 3. The van der Waals surface area contributed by atoms with Crippen LogP contribution in [0.4, 0.5) is 0 Å². The molecule has 0 aliphatic carbocycles. The second-order valence-corrected chi connectivity index (χ2v) is 2.75. The molecule has 0 aromatic heterocycles. The van der Waals surface area contributed by atoms with E-state index in [9.17, 15) is 5.11 Å². The van der Waals surface area contributed by atoms with Gasteiger partial charge < -0.3 is 6.53 Å². The van der Waals surface area contributed by atoms with Gasteiger partial charge in [-0.1, -0.05) is 17.7 Å². The number of phenols is 1. The molecule has 0 bridgehead atoms. The second-order valence-electron chi connectivity index (χ2n) is 2.75. The predicted octanol–water partition coefficient (Wildman–Crippen LogP) is -0.566. The molecule has 2 heteroatoms. The molecule has 0 radical (unpaired) electrons. The van der Waals surface area contributed by atoms with Crippen molar-refractivity contribution < 1.29 is 25.4 Å². The maximum atomic E-state index is 9.33. The molecule has 0 atom stereocenters. The van der Waals surface area contributed by atoms with E-state index in [1.807, 2.05) is 32.9 Å². The first-order valence-electron chi connectivity index (χ1n) is 3.38. The molecule has 0 aliphatic rings. The molecule has 0 saturated carbocycles. The second kappa shape index (κ2) is 3.85. The van der Waals surface area contributed by atoms with Crippen molar-refractivity contribution in [3.8, 4) is 5.75 Å². The van der Waals surface area contributed by atoms with E-state index in [4.69, 9.17) is 0 Å². The van der Waals surface area contributed by atoms with E-state index >= 15 is 0 Å². The minimum absolute atomic E-state index is 0. The molecule has 0 unspecified atom stereocenters. The van der Waals surface area contributed by atoms with Crippen molar-refractivity contribution in [2.24, 2.45) is 0 Å². The molecule has 1 N–H and O–H groups in total.